The number of ether oxygens (including phenoxy) is 2. The minimum Gasteiger partial charge on any atom is -0.493 e. The van der Waals surface area contributed by atoms with Gasteiger partial charge in [0, 0.05) is 26.0 Å². The van der Waals surface area contributed by atoms with Crippen molar-refractivity contribution in [3.8, 4) is 22.8 Å². The first-order valence-corrected chi connectivity index (χ1v) is 8.26. The lowest BCUT2D eigenvalue weighted by molar-refractivity contribution is 0.356. The average molecular weight is 439 g/mol. The summed E-state index contributed by atoms with van der Waals surface area (Å²) in [6, 6.07) is 9.52. The molecule has 0 atom stereocenters. The SMILES string of the molecule is COc1cc2nc(N)nc(-c3ccc(Br)cc3Br)c2cc1OC. The molecule has 3 rings (SSSR count). The summed E-state index contributed by atoms with van der Waals surface area (Å²) < 4.78 is 12.6. The van der Waals surface area contributed by atoms with Gasteiger partial charge in [0.25, 0.3) is 0 Å². The highest BCUT2D eigenvalue weighted by atomic mass is 79.9. The first kappa shape index (κ1) is 16.0. The molecular weight excluding hydrogens is 426 g/mol. The molecule has 0 radical (unpaired) electrons. The largest absolute Gasteiger partial charge is 0.493 e. The summed E-state index contributed by atoms with van der Waals surface area (Å²) in [4.78, 5) is 8.72. The zero-order valence-corrected chi connectivity index (χ0v) is 15.6. The molecule has 0 unspecified atom stereocenters. The van der Waals surface area contributed by atoms with Gasteiger partial charge in [0.15, 0.2) is 11.5 Å². The van der Waals surface area contributed by atoms with Gasteiger partial charge in [0.2, 0.25) is 5.95 Å². The summed E-state index contributed by atoms with van der Waals surface area (Å²) >= 11 is 7.02. The Morgan fingerprint density at radius 3 is 2.30 bits per heavy atom. The standard InChI is InChI=1S/C16H13Br2N3O2/c1-22-13-6-10-12(7-14(13)23-2)20-16(19)21-15(10)9-4-3-8(17)5-11(9)18/h3-7H,1-2H3,(H2,19,20,21). The van der Waals surface area contributed by atoms with Gasteiger partial charge in [-0.05, 0) is 18.2 Å². The highest BCUT2D eigenvalue weighted by Crippen LogP contribution is 2.38. The third kappa shape index (κ3) is 2.98. The molecule has 3 aromatic rings. The third-order valence-electron chi connectivity index (χ3n) is 3.40. The van der Waals surface area contributed by atoms with Crippen molar-refractivity contribution < 1.29 is 9.47 Å². The Kier molecular flexibility index (Phi) is 4.41. The highest BCUT2D eigenvalue weighted by molar-refractivity contribution is 9.11. The quantitative estimate of drug-likeness (QED) is 0.655. The topological polar surface area (TPSA) is 70.3 Å². The fourth-order valence-corrected chi connectivity index (χ4v) is 3.60. The van der Waals surface area contributed by atoms with Crippen LogP contribution in [0.3, 0.4) is 0 Å². The van der Waals surface area contributed by atoms with E-state index in [9.17, 15) is 0 Å². The van der Waals surface area contributed by atoms with Crippen LogP contribution in [0.2, 0.25) is 0 Å². The number of aromatic nitrogens is 2. The second-order valence-electron chi connectivity index (χ2n) is 4.78. The van der Waals surface area contributed by atoms with Crippen LogP contribution in [0.5, 0.6) is 11.5 Å². The van der Waals surface area contributed by atoms with Crippen molar-refractivity contribution in [3.63, 3.8) is 0 Å². The maximum Gasteiger partial charge on any atom is 0.221 e. The van der Waals surface area contributed by atoms with Gasteiger partial charge in [-0.1, -0.05) is 37.9 Å². The van der Waals surface area contributed by atoms with Gasteiger partial charge in [0.1, 0.15) is 0 Å². The van der Waals surface area contributed by atoms with Gasteiger partial charge in [-0.25, -0.2) is 9.97 Å². The number of halogens is 2. The monoisotopic (exact) mass is 437 g/mol. The summed E-state index contributed by atoms with van der Waals surface area (Å²) in [7, 11) is 3.18. The van der Waals surface area contributed by atoms with Gasteiger partial charge < -0.3 is 15.2 Å². The predicted molar refractivity (Wildman–Crippen MR) is 97.9 cm³/mol. The molecule has 0 aliphatic carbocycles. The number of rotatable bonds is 3. The van der Waals surface area contributed by atoms with Crippen LogP contribution in [0.1, 0.15) is 0 Å². The summed E-state index contributed by atoms with van der Waals surface area (Å²) in [5.41, 5.74) is 8.23. The molecule has 2 aromatic carbocycles. The number of hydrogen-bond donors (Lipinski definition) is 1. The van der Waals surface area contributed by atoms with Crippen molar-refractivity contribution in [1.82, 2.24) is 9.97 Å². The molecular formula is C16H13Br2N3O2. The fourth-order valence-electron chi connectivity index (χ4n) is 2.36. The van der Waals surface area contributed by atoms with E-state index in [0.29, 0.717) is 17.0 Å². The maximum atomic E-state index is 5.89. The number of hydrogen-bond acceptors (Lipinski definition) is 5. The molecule has 0 aliphatic heterocycles. The molecule has 5 nitrogen and oxygen atoms in total. The zero-order chi connectivity index (χ0) is 16.6. The number of fused-ring (bicyclic) bond motifs is 1. The maximum absolute atomic E-state index is 5.89. The van der Waals surface area contributed by atoms with Gasteiger partial charge in [-0.3, -0.25) is 0 Å². The molecule has 1 heterocycles. The van der Waals surface area contributed by atoms with Gasteiger partial charge in [-0.2, -0.15) is 0 Å². The molecule has 0 spiro atoms. The smallest absolute Gasteiger partial charge is 0.221 e. The molecule has 0 fully saturated rings. The van der Waals surface area contributed by atoms with E-state index in [4.69, 9.17) is 15.2 Å². The van der Waals surface area contributed by atoms with Gasteiger partial charge >= 0.3 is 0 Å². The molecule has 118 valence electrons. The second kappa shape index (κ2) is 6.33. The van der Waals surface area contributed by atoms with E-state index in [0.717, 1.165) is 25.6 Å². The van der Waals surface area contributed by atoms with Crippen molar-refractivity contribution >= 4 is 48.7 Å². The Morgan fingerprint density at radius 2 is 1.65 bits per heavy atom. The molecule has 2 N–H and O–H groups in total. The van der Waals surface area contributed by atoms with Crippen molar-refractivity contribution in [2.45, 2.75) is 0 Å². The third-order valence-corrected chi connectivity index (χ3v) is 4.55. The van der Waals surface area contributed by atoms with Crippen molar-refractivity contribution in [2.24, 2.45) is 0 Å². The average Bonchev–Trinajstić information content (AvgIpc) is 2.53. The van der Waals surface area contributed by atoms with Crippen LogP contribution >= 0.6 is 31.9 Å². The predicted octanol–water partition coefficient (Wildman–Crippen LogP) is 4.42. The first-order valence-electron chi connectivity index (χ1n) is 6.68. The van der Waals surface area contributed by atoms with E-state index in [2.05, 4.69) is 41.8 Å². The lowest BCUT2D eigenvalue weighted by atomic mass is 10.1. The summed E-state index contributed by atoms with van der Waals surface area (Å²) in [6.07, 6.45) is 0. The van der Waals surface area contributed by atoms with Crippen LogP contribution in [0, 0.1) is 0 Å². The van der Waals surface area contributed by atoms with E-state index < -0.39 is 0 Å². The number of nitrogen functional groups attached to an aromatic ring is 1. The van der Waals surface area contributed by atoms with Crippen molar-refractivity contribution in [1.29, 1.82) is 0 Å². The molecule has 0 amide bonds. The molecule has 0 aliphatic rings. The Labute approximate surface area is 150 Å². The normalized spacial score (nSPS) is 10.8. The van der Waals surface area contributed by atoms with Crippen LogP contribution in [0.4, 0.5) is 5.95 Å². The molecule has 0 saturated heterocycles. The second-order valence-corrected chi connectivity index (χ2v) is 6.55. The van der Waals surface area contributed by atoms with Crippen molar-refractivity contribution in [2.75, 3.05) is 20.0 Å². The van der Waals surface area contributed by atoms with E-state index in [1.54, 1.807) is 20.3 Å². The molecule has 23 heavy (non-hydrogen) atoms. The van der Waals surface area contributed by atoms with Gasteiger partial charge in [0.05, 0.1) is 25.4 Å². The van der Waals surface area contributed by atoms with Crippen LogP contribution in [0.25, 0.3) is 22.2 Å². The lowest BCUT2D eigenvalue weighted by Crippen LogP contribution is -2.00. The Hall–Kier alpha value is -1.86. The molecule has 7 heteroatoms. The summed E-state index contributed by atoms with van der Waals surface area (Å²) in [5, 5.41) is 0.833. The Balaban J connectivity index is 2.35. The first-order chi connectivity index (χ1) is 11.0. The van der Waals surface area contributed by atoms with E-state index in [1.807, 2.05) is 24.3 Å². The number of nitrogens with zero attached hydrogens (tertiary/aromatic N) is 2. The van der Waals surface area contributed by atoms with Crippen LogP contribution in [0.15, 0.2) is 39.3 Å². The number of benzene rings is 2. The number of anilines is 1. The minimum atomic E-state index is 0.203. The Morgan fingerprint density at radius 1 is 0.957 bits per heavy atom. The lowest BCUT2D eigenvalue weighted by Gasteiger charge is -2.13. The number of methoxy groups -OCH3 is 2. The molecule has 1 aromatic heterocycles. The van der Waals surface area contributed by atoms with Crippen LogP contribution < -0.4 is 15.2 Å². The number of nitrogens with two attached hydrogens (primary N) is 1. The van der Waals surface area contributed by atoms with E-state index in [1.165, 1.54) is 0 Å². The van der Waals surface area contributed by atoms with E-state index in [-0.39, 0.29) is 5.95 Å². The summed E-state index contributed by atoms with van der Waals surface area (Å²) in [5.74, 6) is 1.41. The van der Waals surface area contributed by atoms with E-state index >= 15 is 0 Å². The van der Waals surface area contributed by atoms with Crippen LogP contribution in [-0.4, -0.2) is 24.2 Å². The minimum absolute atomic E-state index is 0.203. The molecule has 0 bridgehead atoms. The zero-order valence-electron chi connectivity index (χ0n) is 12.4. The van der Waals surface area contributed by atoms with Crippen molar-refractivity contribution in [3.05, 3.63) is 39.3 Å². The highest BCUT2D eigenvalue weighted by Gasteiger charge is 2.15. The van der Waals surface area contributed by atoms with Crippen LogP contribution in [-0.2, 0) is 0 Å². The Bertz CT molecular complexity index is 900. The summed E-state index contributed by atoms with van der Waals surface area (Å²) in [6.45, 7) is 0. The van der Waals surface area contributed by atoms with Gasteiger partial charge in [-0.15, -0.1) is 0 Å². The molecule has 0 saturated carbocycles. The fraction of sp³-hybridized carbons (Fsp3) is 0.125.